The summed E-state index contributed by atoms with van der Waals surface area (Å²) in [7, 11) is 1.66. The van der Waals surface area contributed by atoms with Crippen molar-refractivity contribution in [2.45, 2.75) is 52.0 Å². The van der Waals surface area contributed by atoms with Gasteiger partial charge < -0.3 is 10.5 Å². The van der Waals surface area contributed by atoms with Gasteiger partial charge in [-0.2, -0.15) is 0 Å². The summed E-state index contributed by atoms with van der Waals surface area (Å²) >= 11 is 0. The smallest absolute Gasteiger partial charge is 0.136 e. The normalized spacial score (nSPS) is 13.8. The summed E-state index contributed by atoms with van der Waals surface area (Å²) < 4.78 is 5.12. The Morgan fingerprint density at radius 2 is 1.85 bits per heavy atom. The van der Waals surface area contributed by atoms with Crippen LogP contribution < -0.4 is 10.5 Å². The number of carbonyl (C=O) groups is 1. The van der Waals surface area contributed by atoms with Crippen LogP contribution >= 0.6 is 0 Å². The zero-order valence-electron chi connectivity index (χ0n) is 12.9. The van der Waals surface area contributed by atoms with E-state index in [1.54, 1.807) is 7.11 Å². The van der Waals surface area contributed by atoms with Crippen LogP contribution in [0.5, 0.6) is 5.75 Å². The molecular weight excluding hydrogens is 250 g/mol. The van der Waals surface area contributed by atoms with Crippen LogP contribution in [0.4, 0.5) is 0 Å². The minimum absolute atomic E-state index is 0.145. The summed E-state index contributed by atoms with van der Waals surface area (Å²) in [6.45, 7) is 4.04. The topological polar surface area (TPSA) is 52.3 Å². The standard InChI is InChI=1S/C17H27NO2/c1-13(5-4-6-14(2)18)17(19)12-9-15-7-10-16(20-3)11-8-15/h7-8,10-11,13-14H,4-6,9,12,18H2,1-3H3. The molecule has 0 aromatic heterocycles. The van der Waals surface area contributed by atoms with Gasteiger partial charge in [0.2, 0.25) is 0 Å². The maximum Gasteiger partial charge on any atom is 0.136 e. The molecule has 0 amide bonds. The third-order valence-corrected chi connectivity index (χ3v) is 3.67. The van der Waals surface area contributed by atoms with E-state index in [1.165, 1.54) is 5.56 Å². The summed E-state index contributed by atoms with van der Waals surface area (Å²) in [4.78, 5) is 12.1. The Bertz CT molecular complexity index is 398. The van der Waals surface area contributed by atoms with Gasteiger partial charge >= 0.3 is 0 Å². The molecular formula is C17H27NO2. The lowest BCUT2D eigenvalue weighted by molar-refractivity contribution is -0.122. The lowest BCUT2D eigenvalue weighted by Gasteiger charge is -2.11. The van der Waals surface area contributed by atoms with E-state index in [0.717, 1.165) is 31.4 Å². The molecule has 1 aromatic carbocycles. The number of Topliss-reactive ketones (excluding diaryl/α,β-unsaturated/α-hetero) is 1. The highest BCUT2D eigenvalue weighted by atomic mass is 16.5. The summed E-state index contributed by atoms with van der Waals surface area (Å²) in [5.74, 6) is 1.35. The largest absolute Gasteiger partial charge is 0.497 e. The Morgan fingerprint density at radius 3 is 2.40 bits per heavy atom. The van der Waals surface area contributed by atoms with Gasteiger partial charge in [0.25, 0.3) is 0 Å². The minimum atomic E-state index is 0.145. The molecule has 3 heteroatoms. The predicted molar refractivity (Wildman–Crippen MR) is 83.0 cm³/mol. The van der Waals surface area contributed by atoms with Crippen LogP contribution in [0.1, 0.15) is 45.1 Å². The van der Waals surface area contributed by atoms with Crippen molar-refractivity contribution in [3.8, 4) is 5.75 Å². The van der Waals surface area contributed by atoms with E-state index in [4.69, 9.17) is 10.5 Å². The number of aryl methyl sites for hydroxylation is 1. The van der Waals surface area contributed by atoms with E-state index in [0.29, 0.717) is 12.2 Å². The summed E-state index contributed by atoms with van der Waals surface area (Å²) in [5, 5.41) is 0. The highest BCUT2D eigenvalue weighted by Gasteiger charge is 2.12. The minimum Gasteiger partial charge on any atom is -0.497 e. The van der Waals surface area contributed by atoms with Gasteiger partial charge in [-0.15, -0.1) is 0 Å². The van der Waals surface area contributed by atoms with Crippen LogP contribution in [0.2, 0.25) is 0 Å². The lowest BCUT2D eigenvalue weighted by atomic mass is 9.94. The average molecular weight is 277 g/mol. The number of nitrogens with two attached hydrogens (primary N) is 1. The van der Waals surface area contributed by atoms with Crippen molar-refractivity contribution in [1.29, 1.82) is 0 Å². The van der Waals surface area contributed by atoms with Crippen LogP contribution in [0.15, 0.2) is 24.3 Å². The second kappa shape index (κ2) is 8.75. The van der Waals surface area contributed by atoms with Crippen LogP contribution in [0, 0.1) is 5.92 Å². The third kappa shape index (κ3) is 6.20. The van der Waals surface area contributed by atoms with Gasteiger partial charge in [-0.1, -0.05) is 25.5 Å². The first-order chi connectivity index (χ1) is 9.52. The van der Waals surface area contributed by atoms with E-state index < -0.39 is 0 Å². The van der Waals surface area contributed by atoms with Crippen molar-refractivity contribution in [1.82, 2.24) is 0 Å². The van der Waals surface area contributed by atoms with Gasteiger partial charge in [-0.25, -0.2) is 0 Å². The number of methoxy groups -OCH3 is 1. The first-order valence-corrected chi connectivity index (χ1v) is 7.44. The molecule has 0 radical (unpaired) electrons. The monoisotopic (exact) mass is 277 g/mol. The molecule has 0 spiro atoms. The molecule has 3 nitrogen and oxygen atoms in total. The second-order valence-corrected chi connectivity index (χ2v) is 5.62. The Balaban J connectivity index is 2.30. The Morgan fingerprint density at radius 1 is 1.20 bits per heavy atom. The van der Waals surface area contributed by atoms with Crippen molar-refractivity contribution >= 4 is 5.78 Å². The van der Waals surface area contributed by atoms with E-state index >= 15 is 0 Å². The number of rotatable bonds is 9. The summed E-state index contributed by atoms with van der Waals surface area (Å²) in [6, 6.07) is 8.15. The van der Waals surface area contributed by atoms with Crippen molar-refractivity contribution in [2.24, 2.45) is 11.7 Å². The molecule has 1 aromatic rings. The highest BCUT2D eigenvalue weighted by Crippen LogP contribution is 2.16. The number of hydrogen-bond acceptors (Lipinski definition) is 3. The molecule has 0 saturated carbocycles. The maximum atomic E-state index is 12.1. The fourth-order valence-corrected chi connectivity index (χ4v) is 2.21. The molecule has 20 heavy (non-hydrogen) atoms. The molecule has 1 rings (SSSR count). The maximum absolute atomic E-state index is 12.1. The number of hydrogen-bond donors (Lipinski definition) is 1. The molecule has 0 saturated heterocycles. The molecule has 0 heterocycles. The van der Waals surface area contributed by atoms with Crippen molar-refractivity contribution in [3.63, 3.8) is 0 Å². The van der Waals surface area contributed by atoms with Crippen molar-refractivity contribution in [3.05, 3.63) is 29.8 Å². The van der Waals surface area contributed by atoms with Crippen molar-refractivity contribution in [2.75, 3.05) is 7.11 Å². The van der Waals surface area contributed by atoms with Gasteiger partial charge in [-0.05, 0) is 43.9 Å². The zero-order chi connectivity index (χ0) is 15.0. The van der Waals surface area contributed by atoms with E-state index in [-0.39, 0.29) is 12.0 Å². The SMILES string of the molecule is COc1ccc(CCC(=O)C(C)CCCC(C)N)cc1. The van der Waals surface area contributed by atoms with Gasteiger partial charge in [0.15, 0.2) is 0 Å². The lowest BCUT2D eigenvalue weighted by Crippen LogP contribution is -2.16. The number of ketones is 1. The first kappa shape index (κ1) is 16.7. The molecule has 2 unspecified atom stereocenters. The molecule has 0 aliphatic rings. The highest BCUT2D eigenvalue weighted by molar-refractivity contribution is 5.80. The zero-order valence-corrected chi connectivity index (χ0v) is 12.9. The van der Waals surface area contributed by atoms with Crippen molar-refractivity contribution < 1.29 is 9.53 Å². The summed E-state index contributed by atoms with van der Waals surface area (Å²) in [6.07, 6.45) is 4.40. The van der Waals surface area contributed by atoms with Crippen LogP contribution in [0.25, 0.3) is 0 Å². The average Bonchev–Trinajstić information content (AvgIpc) is 2.44. The van der Waals surface area contributed by atoms with Gasteiger partial charge in [0.05, 0.1) is 7.11 Å². The fraction of sp³-hybridized carbons (Fsp3) is 0.588. The number of carbonyl (C=O) groups excluding carboxylic acids is 1. The van der Waals surface area contributed by atoms with Gasteiger partial charge in [-0.3, -0.25) is 4.79 Å². The number of benzene rings is 1. The quantitative estimate of drug-likeness (QED) is 0.753. The first-order valence-electron chi connectivity index (χ1n) is 7.44. The van der Waals surface area contributed by atoms with Crippen LogP contribution in [0.3, 0.4) is 0 Å². The van der Waals surface area contributed by atoms with Gasteiger partial charge in [0, 0.05) is 18.4 Å². The fourth-order valence-electron chi connectivity index (χ4n) is 2.21. The molecule has 0 aliphatic heterocycles. The van der Waals surface area contributed by atoms with Crippen LogP contribution in [-0.2, 0) is 11.2 Å². The predicted octanol–water partition coefficient (Wildman–Crippen LogP) is 3.35. The molecule has 2 atom stereocenters. The van der Waals surface area contributed by atoms with E-state index in [1.807, 2.05) is 38.1 Å². The molecule has 0 bridgehead atoms. The second-order valence-electron chi connectivity index (χ2n) is 5.62. The Hall–Kier alpha value is -1.35. The molecule has 0 fully saturated rings. The summed E-state index contributed by atoms with van der Waals surface area (Å²) in [5.41, 5.74) is 6.90. The molecule has 0 aliphatic carbocycles. The number of ether oxygens (including phenoxy) is 1. The van der Waals surface area contributed by atoms with E-state index in [2.05, 4.69) is 0 Å². The van der Waals surface area contributed by atoms with E-state index in [9.17, 15) is 4.79 Å². The third-order valence-electron chi connectivity index (χ3n) is 3.67. The Labute approximate surface area is 122 Å². The Kier molecular flexibility index (Phi) is 7.31. The van der Waals surface area contributed by atoms with Gasteiger partial charge in [0.1, 0.15) is 11.5 Å². The molecule has 112 valence electrons. The van der Waals surface area contributed by atoms with Crippen LogP contribution in [-0.4, -0.2) is 18.9 Å². The molecule has 2 N–H and O–H groups in total.